The predicted octanol–water partition coefficient (Wildman–Crippen LogP) is 1.88. The number of rotatable bonds is 4. The van der Waals surface area contributed by atoms with Gasteiger partial charge in [0.1, 0.15) is 0 Å². The monoisotopic (exact) mass is 227 g/mol. The fourth-order valence-corrected chi connectivity index (χ4v) is 1.08. The van der Waals surface area contributed by atoms with Crippen LogP contribution in [-0.2, 0) is 0 Å². The molecule has 16 heavy (non-hydrogen) atoms. The summed E-state index contributed by atoms with van der Waals surface area (Å²) in [6.45, 7) is 3.97. The van der Waals surface area contributed by atoms with Crippen LogP contribution in [-0.4, -0.2) is 17.0 Å². The van der Waals surface area contributed by atoms with Crippen LogP contribution in [0.4, 0.5) is 15.8 Å². The molecule has 0 saturated carbocycles. The van der Waals surface area contributed by atoms with Gasteiger partial charge in [-0.05, 0) is 19.9 Å². The number of nitro groups is 1. The van der Waals surface area contributed by atoms with Gasteiger partial charge in [-0.3, -0.25) is 10.1 Å². The van der Waals surface area contributed by atoms with Crippen molar-refractivity contribution in [3.8, 4) is 0 Å². The molecule has 0 amide bonds. The molecule has 0 unspecified atom stereocenters. The molecule has 0 saturated heterocycles. The standard InChI is InChI=1S/C10H14FN3O2/c1-10(2,12)6-13-9-4-3-7(14(15)16)5-8(9)11/h3-5,13H,6,12H2,1-2H3. The first-order valence-electron chi connectivity index (χ1n) is 4.76. The summed E-state index contributed by atoms with van der Waals surface area (Å²) in [5.74, 6) is -0.654. The van der Waals surface area contributed by atoms with Gasteiger partial charge in [0.2, 0.25) is 0 Å². The number of halogens is 1. The third-order valence-electron chi connectivity index (χ3n) is 1.90. The van der Waals surface area contributed by atoms with Gasteiger partial charge >= 0.3 is 0 Å². The van der Waals surface area contributed by atoms with Gasteiger partial charge in [0.25, 0.3) is 5.69 Å². The van der Waals surface area contributed by atoms with Crippen LogP contribution in [0.5, 0.6) is 0 Å². The molecule has 6 heteroatoms. The van der Waals surface area contributed by atoms with Crippen molar-refractivity contribution in [3.63, 3.8) is 0 Å². The second kappa shape index (κ2) is 4.44. The van der Waals surface area contributed by atoms with Gasteiger partial charge in [0.05, 0.1) is 16.7 Å². The highest BCUT2D eigenvalue weighted by molar-refractivity contribution is 5.50. The summed E-state index contributed by atoms with van der Waals surface area (Å²) >= 11 is 0. The molecular formula is C10H14FN3O2. The SMILES string of the molecule is CC(C)(N)CNc1ccc([N+](=O)[O-])cc1F. The Morgan fingerprint density at radius 2 is 2.19 bits per heavy atom. The van der Waals surface area contributed by atoms with E-state index in [9.17, 15) is 14.5 Å². The van der Waals surface area contributed by atoms with Crippen molar-refractivity contribution >= 4 is 11.4 Å². The molecule has 3 N–H and O–H groups in total. The van der Waals surface area contributed by atoms with Crippen LogP contribution in [0.1, 0.15) is 13.8 Å². The summed E-state index contributed by atoms with van der Waals surface area (Å²) in [4.78, 5) is 9.74. The largest absolute Gasteiger partial charge is 0.381 e. The minimum atomic E-state index is -0.654. The normalized spacial score (nSPS) is 11.2. The highest BCUT2D eigenvalue weighted by Crippen LogP contribution is 2.20. The number of nitrogens with two attached hydrogens (primary N) is 1. The Labute approximate surface area is 92.6 Å². The maximum atomic E-state index is 13.4. The van der Waals surface area contributed by atoms with Crippen molar-refractivity contribution in [2.75, 3.05) is 11.9 Å². The Balaban J connectivity index is 2.80. The van der Waals surface area contributed by atoms with E-state index in [4.69, 9.17) is 5.73 Å². The molecule has 0 heterocycles. The van der Waals surface area contributed by atoms with E-state index in [2.05, 4.69) is 5.32 Å². The van der Waals surface area contributed by atoms with E-state index in [1.54, 1.807) is 13.8 Å². The summed E-state index contributed by atoms with van der Waals surface area (Å²) in [5.41, 5.74) is 5.18. The number of hydrogen-bond donors (Lipinski definition) is 2. The Morgan fingerprint density at radius 3 is 2.62 bits per heavy atom. The van der Waals surface area contributed by atoms with Crippen LogP contribution < -0.4 is 11.1 Å². The zero-order chi connectivity index (χ0) is 12.3. The molecule has 1 aromatic carbocycles. The Morgan fingerprint density at radius 1 is 1.56 bits per heavy atom. The van der Waals surface area contributed by atoms with Crippen LogP contribution in [0.2, 0.25) is 0 Å². The van der Waals surface area contributed by atoms with E-state index in [1.807, 2.05) is 0 Å². The second-order valence-electron chi connectivity index (χ2n) is 4.26. The third-order valence-corrected chi connectivity index (χ3v) is 1.90. The Hall–Kier alpha value is -1.69. The van der Waals surface area contributed by atoms with Crippen molar-refractivity contribution in [2.24, 2.45) is 5.73 Å². The lowest BCUT2D eigenvalue weighted by molar-refractivity contribution is -0.385. The minimum absolute atomic E-state index is 0.212. The Kier molecular flexibility index (Phi) is 3.44. The first kappa shape index (κ1) is 12.4. The summed E-state index contributed by atoms with van der Waals surface area (Å²) in [5, 5.41) is 13.2. The second-order valence-corrected chi connectivity index (χ2v) is 4.26. The summed E-state index contributed by atoms with van der Waals surface area (Å²) in [6, 6.07) is 3.46. The molecule has 0 aliphatic heterocycles. The third kappa shape index (κ3) is 3.47. The number of anilines is 1. The number of benzene rings is 1. The first-order valence-corrected chi connectivity index (χ1v) is 4.76. The van der Waals surface area contributed by atoms with Crippen LogP contribution >= 0.6 is 0 Å². The van der Waals surface area contributed by atoms with Crippen LogP contribution in [0.3, 0.4) is 0 Å². The first-order chi connectivity index (χ1) is 7.29. The van der Waals surface area contributed by atoms with E-state index in [0.717, 1.165) is 6.07 Å². The average molecular weight is 227 g/mol. The molecule has 88 valence electrons. The molecule has 0 fully saturated rings. The zero-order valence-corrected chi connectivity index (χ0v) is 9.16. The van der Waals surface area contributed by atoms with Gasteiger partial charge in [-0.25, -0.2) is 4.39 Å². The van der Waals surface area contributed by atoms with E-state index in [1.165, 1.54) is 12.1 Å². The molecule has 1 rings (SSSR count). The lowest BCUT2D eigenvalue weighted by atomic mass is 10.1. The number of nitro benzene ring substituents is 1. The maximum absolute atomic E-state index is 13.4. The summed E-state index contributed by atoms with van der Waals surface area (Å²) < 4.78 is 13.4. The summed E-state index contributed by atoms with van der Waals surface area (Å²) in [6.07, 6.45) is 0. The zero-order valence-electron chi connectivity index (χ0n) is 9.16. The van der Waals surface area contributed by atoms with Crippen molar-refractivity contribution in [1.29, 1.82) is 0 Å². The highest BCUT2D eigenvalue weighted by Gasteiger charge is 2.14. The number of nitrogens with one attached hydrogen (secondary N) is 1. The van der Waals surface area contributed by atoms with Gasteiger partial charge in [-0.1, -0.05) is 0 Å². The molecule has 0 aromatic heterocycles. The highest BCUT2D eigenvalue weighted by atomic mass is 19.1. The fourth-order valence-electron chi connectivity index (χ4n) is 1.08. The minimum Gasteiger partial charge on any atom is -0.381 e. The lowest BCUT2D eigenvalue weighted by Gasteiger charge is -2.19. The Bertz CT molecular complexity index is 402. The molecule has 0 aliphatic rings. The van der Waals surface area contributed by atoms with Crippen molar-refractivity contribution in [3.05, 3.63) is 34.1 Å². The molecular weight excluding hydrogens is 213 g/mol. The smallest absolute Gasteiger partial charge is 0.272 e. The number of nitrogens with zero attached hydrogens (tertiary/aromatic N) is 1. The average Bonchev–Trinajstić information content (AvgIpc) is 2.14. The van der Waals surface area contributed by atoms with Gasteiger partial charge in [-0.15, -0.1) is 0 Å². The predicted molar refractivity (Wildman–Crippen MR) is 59.8 cm³/mol. The molecule has 0 atom stereocenters. The lowest BCUT2D eigenvalue weighted by Crippen LogP contribution is -2.39. The molecule has 5 nitrogen and oxygen atoms in total. The fraction of sp³-hybridized carbons (Fsp3) is 0.400. The number of non-ortho nitro benzene ring substituents is 1. The van der Waals surface area contributed by atoms with Crippen molar-refractivity contribution in [2.45, 2.75) is 19.4 Å². The maximum Gasteiger partial charge on any atom is 0.272 e. The van der Waals surface area contributed by atoms with Crippen LogP contribution in [0.25, 0.3) is 0 Å². The van der Waals surface area contributed by atoms with E-state index >= 15 is 0 Å². The molecule has 0 spiro atoms. The van der Waals surface area contributed by atoms with E-state index < -0.39 is 16.3 Å². The quantitative estimate of drug-likeness (QED) is 0.607. The van der Waals surface area contributed by atoms with Gasteiger partial charge in [0.15, 0.2) is 5.82 Å². The molecule has 0 radical (unpaired) electrons. The van der Waals surface area contributed by atoms with Crippen LogP contribution in [0, 0.1) is 15.9 Å². The summed E-state index contributed by atoms with van der Waals surface area (Å²) in [7, 11) is 0. The molecule has 0 aliphatic carbocycles. The van der Waals surface area contributed by atoms with Crippen molar-refractivity contribution in [1.82, 2.24) is 0 Å². The van der Waals surface area contributed by atoms with Gasteiger partial charge in [0, 0.05) is 18.2 Å². The topological polar surface area (TPSA) is 81.2 Å². The van der Waals surface area contributed by atoms with E-state index in [0.29, 0.717) is 6.54 Å². The molecule has 0 bridgehead atoms. The van der Waals surface area contributed by atoms with E-state index in [-0.39, 0.29) is 11.4 Å². The van der Waals surface area contributed by atoms with Gasteiger partial charge in [-0.2, -0.15) is 0 Å². The number of hydrogen-bond acceptors (Lipinski definition) is 4. The van der Waals surface area contributed by atoms with Crippen molar-refractivity contribution < 1.29 is 9.31 Å². The molecule has 1 aromatic rings. The van der Waals surface area contributed by atoms with Gasteiger partial charge < -0.3 is 11.1 Å². The van der Waals surface area contributed by atoms with Crippen LogP contribution in [0.15, 0.2) is 18.2 Å².